The number of nitrogens with one attached hydrogen (secondary N) is 1. The van der Waals surface area contributed by atoms with Gasteiger partial charge in [0, 0.05) is 24.9 Å². The average molecular weight is 346 g/mol. The minimum atomic E-state index is -0.888. The van der Waals surface area contributed by atoms with Crippen molar-refractivity contribution in [3.05, 3.63) is 35.9 Å². The molecule has 1 heterocycles. The zero-order valence-corrected chi connectivity index (χ0v) is 15.0. The lowest BCUT2D eigenvalue weighted by atomic mass is 9.96. The Morgan fingerprint density at radius 1 is 1.32 bits per heavy atom. The van der Waals surface area contributed by atoms with Crippen molar-refractivity contribution in [2.45, 2.75) is 51.6 Å². The van der Waals surface area contributed by atoms with Crippen molar-refractivity contribution in [3.8, 4) is 0 Å². The molecule has 0 unspecified atom stereocenters. The molecule has 2 N–H and O–H groups in total. The first-order chi connectivity index (χ1) is 11.7. The highest BCUT2D eigenvalue weighted by atomic mass is 16.4. The number of carboxylic acid groups (broad SMARTS) is 1. The monoisotopic (exact) mass is 346 g/mol. The number of hydrogen-bond acceptors (Lipinski definition) is 3. The zero-order chi connectivity index (χ0) is 18.6. The van der Waals surface area contributed by atoms with E-state index in [1.165, 1.54) is 0 Å². The number of benzene rings is 1. The first-order valence-electron chi connectivity index (χ1n) is 8.58. The molecule has 1 aliphatic rings. The highest BCUT2D eigenvalue weighted by Crippen LogP contribution is 2.29. The van der Waals surface area contributed by atoms with Gasteiger partial charge in [-0.3, -0.25) is 14.4 Å². The summed E-state index contributed by atoms with van der Waals surface area (Å²) < 4.78 is 0. The highest BCUT2D eigenvalue weighted by molar-refractivity contribution is 5.89. The predicted molar refractivity (Wildman–Crippen MR) is 93.8 cm³/mol. The van der Waals surface area contributed by atoms with Crippen LogP contribution >= 0.6 is 0 Å². The molecule has 6 nitrogen and oxygen atoms in total. The molecule has 136 valence electrons. The van der Waals surface area contributed by atoms with Crippen molar-refractivity contribution in [3.63, 3.8) is 0 Å². The molecule has 0 radical (unpaired) electrons. The zero-order valence-electron chi connectivity index (χ0n) is 15.0. The molecule has 1 aromatic carbocycles. The van der Waals surface area contributed by atoms with Gasteiger partial charge in [0.05, 0.1) is 12.0 Å². The van der Waals surface area contributed by atoms with E-state index in [0.29, 0.717) is 13.0 Å². The highest BCUT2D eigenvalue weighted by Gasteiger charge is 2.38. The fourth-order valence-electron chi connectivity index (χ4n) is 3.11. The molecule has 1 fully saturated rings. The van der Waals surface area contributed by atoms with Gasteiger partial charge in [0.15, 0.2) is 0 Å². The molecular formula is C19H26N2O4. The van der Waals surface area contributed by atoms with E-state index in [1.807, 2.05) is 37.3 Å². The smallest absolute Gasteiger partial charge is 0.303 e. The van der Waals surface area contributed by atoms with Crippen LogP contribution in [0.4, 0.5) is 0 Å². The van der Waals surface area contributed by atoms with Crippen LogP contribution in [0.2, 0.25) is 0 Å². The topological polar surface area (TPSA) is 86.7 Å². The van der Waals surface area contributed by atoms with Crippen LogP contribution in [0.5, 0.6) is 0 Å². The molecule has 0 bridgehead atoms. The van der Waals surface area contributed by atoms with Gasteiger partial charge in [-0.05, 0) is 32.8 Å². The standard InChI is InChI=1S/C19H26N2O4/c1-13(14-7-5-4-6-8-14)21-12-15(11-16(21)22)18(25)20-19(2,3)10-9-17(23)24/h4-8,13,15H,9-12H2,1-3H3,(H,20,25)(H,23,24)/t13-,15+/m0/s1. The molecule has 2 atom stereocenters. The van der Waals surface area contributed by atoms with E-state index in [2.05, 4.69) is 5.32 Å². The Hall–Kier alpha value is -2.37. The summed E-state index contributed by atoms with van der Waals surface area (Å²) in [5.74, 6) is -1.50. The average Bonchev–Trinajstić information content (AvgIpc) is 2.95. The van der Waals surface area contributed by atoms with Crippen molar-refractivity contribution in [2.24, 2.45) is 5.92 Å². The maximum absolute atomic E-state index is 12.5. The number of rotatable bonds is 7. The van der Waals surface area contributed by atoms with Crippen molar-refractivity contribution in [1.29, 1.82) is 0 Å². The number of aliphatic carboxylic acids is 1. The number of nitrogens with zero attached hydrogens (tertiary/aromatic N) is 1. The van der Waals surface area contributed by atoms with Crippen LogP contribution < -0.4 is 5.32 Å². The van der Waals surface area contributed by atoms with Crippen LogP contribution in [-0.2, 0) is 14.4 Å². The molecule has 2 rings (SSSR count). The van der Waals surface area contributed by atoms with Crippen LogP contribution in [0.15, 0.2) is 30.3 Å². The lowest BCUT2D eigenvalue weighted by Crippen LogP contribution is -2.47. The third-order valence-electron chi connectivity index (χ3n) is 4.70. The first-order valence-corrected chi connectivity index (χ1v) is 8.58. The minimum absolute atomic E-state index is 0.00591. The molecule has 0 saturated carbocycles. The third-order valence-corrected chi connectivity index (χ3v) is 4.70. The van der Waals surface area contributed by atoms with Crippen LogP contribution in [0.3, 0.4) is 0 Å². The first kappa shape index (κ1) is 19.0. The van der Waals surface area contributed by atoms with Crippen LogP contribution in [0, 0.1) is 5.92 Å². The molecule has 6 heteroatoms. The van der Waals surface area contributed by atoms with Gasteiger partial charge < -0.3 is 15.3 Å². The molecule has 0 spiro atoms. The second-order valence-electron chi connectivity index (χ2n) is 7.30. The molecule has 1 saturated heterocycles. The van der Waals surface area contributed by atoms with E-state index in [4.69, 9.17) is 5.11 Å². The SMILES string of the molecule is C[C@@H](c1ccccc1)N1C[C@H](C(=O)NC(C)(C)CCC(=O)O)CC1=O. The van der Waals surface area contributed by atoms with Gasteiger partial charge in [-0.25, -0.2) is 0 Å². The van der Waals surface area contributed by atoms with Gasteiger partial charge in [0.25, 0.3) is 0 Å². The molecular weight excluding hydrogens is 320 g/mol. The van der Waals surface area contributed by atoms with Crippen LogP contribution in [-0.4, -0.2) is 39.9 Å². The van der Waals surface area contributed by atoms with Crippen LogP contribution in [0.25, 0.3) is 0 Å². The van der Waals surface area contributed by atoms with Gasteiger partial charge in [-0.1, -0.05) is 30.3 Å². The fraction of sp³-hybridized carbons (Fsp3) is 0.526. The number of likely N-dealkylation sites (tertiary alicyclic amines) is 1. The Kier molecular flexibility index (Phi) is 5.82. The van der Waals surface area contributed by atoms with Crippen molar-refractivity contribution >= 4 is 17.8 Å². The van der Waals surface area contributed by atoms with Gasteiger partial charge >= 0.3 is 5.97 Å². The molecule has 2 amide bonds. The number of carboxylic acids is 1. The number of hydrogen-bond donors (Lipinski definition) is 2. The molecule has 0 aliphatic carbocycles. The quantitative estimate of drug-likeness (QED) is 0.793. The second kappa shape index (κ2) is 7.68. The van der Waals surface area contributed by atoms with E-state index >= 15 is 0 Å². The van der Waals surface area contributed by atoms with Gasteiger partial charge in [0.2, 0.25) is 11.8 Å². The second-order valence-corrected chi connectivity index (χ2v) is 7.30. The Labute approximate surface area is 148 Å². The van der Waals surface area contributed by atoms with Gasteiger partial charge in [0.1, 0.15) is 0 Å². The predicted octanol–water partition coefficient (Wildman–Crippen LogP) is 2.36. The summed E-state index contributed by atoms with van der Waals surface area (Å²) in [7, 11) is 0. The lowest BCUT2D eigenvalue weighted by Gasteiger charge is -2.28. The van der Waals surface area contributed by atoms with Gasteiger partial charge in [-0.2, -0.15) is 0 Å². The summed E-state index contributed by atoms with van der Waals surface area (Å²) in [6.45, 7) is 5.95. The molecule has 25 heavy (non-hydrogen) atoms. The Morgan fingerprint density at radius 2 is 1.96 bits per heavy atom. The Morgan fingerprint density at radius 3 is 2.56 bits per heavy atom. The van der Waals surface area contributed by atoms with Crippen molar-refractivity contribution in [1.82, 2.24) is 10.2 Å². The van der Waals surface area contributed by atoms with Crippen molar-refractivity contribution in [2.75, 3.05) is 6.54 Å². The summed E-state index contributed by atoms with van der Waals surface area (Å²) in [6.07, 6.45) is 0.533. The largest absolute Gasteiger partial charge is 0.481 e. The molecule has 1 aromatic rings. The molecule has 1 aliphatic heterocycles. The summed E-state index contributed by atoms with van der Waals surface area (Å²) >= 11 is 0. The minimum Gasteiger partial charge on any atom is -0.481 e. The molecule has 0 aromatic heterocycles. The van der Waals surface area contributed by atoms with E-state index in [-0.39, 0.29) is 30.7 Å². The van der Waals surface area contributed by atoms with E-state index in [1.54, 1.807) is 18.7 Å². The summed E-state index contributed by atoms with van der Waals surface area (Å²) in [4.78, 5) is 37.3. The van der Waals surface area contributed by atoms with E-state index in [0.717, 1.165) is 5.56 Å². The Bertz CT molecular complexity index is 642. The van der Waals surface area contributed by atoms with Crippen LogP contribution in [0.1, 0.15) is 51.6 Å². The third kappa shape index (κ3) is 5.05. The summed E-state index contributed by atoms with van der Waals surface area (Å²) in [6, 6.07) is 9.66. The summed E-state index contributed by atoms with van der Waals surface area (Å²) in [5.41, 5.74) is 0.426. The lowest BCUT2D eigenvalue weighted by molar-refractivity contribution is -0.138. The van der Waals surface area contributed by atoms with Crippen molar-refractivity contribution < 1.29 is 19.5 Å². The normalized spacial score (nSPS) is 18.9. The maximum atomic E-state index is 12.5. The number of carbonyl (C=O) groups excluding carboxylic acids is 2. The van der Waals surface area contributed by atoms with Gasteiger partial charge in [-0.15, -0.1) is 0 Å². The van der Waals surface area contributed by atoms with E-state index in [9.17, 15) is 14.4 Å². The fourth-order valence-corrected chi connectivity index (χ4v) is 3.11. The summed E-state index contributed by atoms with van der Waals surface area (Å²) in [5, 5.41) is 11.7. The Balaban J connectivity index is 1.97. The number of amides is 2. The van der Waals surface area contributed by atoms with E-state index < -0.39 is 17.4 Å². The number of carbonyl (C=O) groups is 3. The maximum Gasteiger partial charge on any atom is 0.303 e.